The quantitative estimate of drug-likeness (QED) is 0.176. The Hall–Kier alpha value is -3.32. The van der Waals surface area contributed by atoms with Gasteiger partial charge in [0, 0.05) is 5.92 Å². The first-order valence-electron chi connectivity index (χ1n) is 14.0. The molecule has 1 aliphatic rings. The summed E-state index contributed by atoms with van der Waals surface area (Å²) in [7, 11) is 1.12. The van der Waals surface area contributed by atoms with Gasteiger partial charge in [-0.1, -0.05) is 90.8 Å². The van der Waals surface area contributed by atoms with Crippen LogP contribution >= 0.6 is 17.2 Å². The molecule has 210 valence electrons. The lowest BCUT2D eigenvalue weighted by atomic mass is 9.68. The molecule has 4 aromatic carbocycles. The van der Waals surface area contributed by atoms with E-state index in [0.717, 1.165) is 16.7 Å². The van der Waals surface area contributed by atoms with Crippen LogP contribution in [0.3, 0.4) is 0 Å². The summed E-state index contributed by atoms with van der Waals surface area (Å²) in [6, 6.07) is 28.9. The van der Waals surface area contributed by atoms with E-state index in [0.29, 0.717) is 28.3 Å². The fourth-order valence-electron chi connectivity index (χ4n) is 6.13. The second-order valence-electron chi connectivity index (χ2n) is 10.5. The van der Waals surface area contributed by atoms with Crippen LogP contribution in [0, 0.1) is 13.8 Å². The second kappa shape index (κ2) is 12.7. The number of carbonyl (C=O) groups excluding carboxylic acids is 2. The van der Waals surface area contributed by atoms with Crippen LogP contribution in [-0.4, -0.2) is 37.5 Å². The zero-order chi connectivity index (χ0) is 29.1. The highest BCUT2D eigenvalue weighted by Crippen LogP contribution is 2.48. The molecule has 0 heterocycles. The smallest absolute Gasteiger partial charge is 0.338 e. The number of fused-ring (bicyclic) bond motifs is 1. The van der Waals surface area contributed by atoms with Crippen molar-refractivity contribution in [1.82, 2.24) is 0 Å². The number of aryl methyl sites for hydroxylation is 2. The van der Waals surface area contributed by atoms with E-state index < -0.39 is 24.1 Å². The van der Waals surface area contributed by atoms with E-state index in [1.807, 2.05) is 36.4 Å². The summed E-state index contributed by atoms with van der Waals surface area (Å²) in [5.41, 5.74) is 6.80. The van der Waals surface area contributed by atoms with E-state index in [4.69, 9.17) is 9.47 Å². The average molecular weight is 583 g/mol. The first kappa shape index (κ1) is 29.2. The van der Waals surface area contributed by atoms with Crippen LogP contribution in [0.1, 0.15) is 67.3 Å². The van der Waals surface area contributed by atoms with Crippen molar-refractivity contribution in [3.63, 3.8) is 0 Å². The third kappa shape index (κ3) is 5.74. The van der Waals surface area contributed by atoms with Gasteiger partial charge in [0.05, 0.1) is 17.0 Å². The maximum absolute atomic E-state index is 13.7. The van der Waals surface area contributed by atoms with Gasteiger partial charge in [0.25, 0.3) is 0 Å². The molecule has 4 nitrogen and oxygen atoms in total. The van der Waals surface area contributed by atoms with Crippen molar-refractivity contribution in [2.75, 3.05) is 13.3 Å². The van der Waals surface area contributed by atoms with Gasteiger partial charge in [-0.05, 0) is 89.9 Å². The molecule has 0 saturated carbocycles. The van der Waals surface area contributed by atoms with Crippen LogP contribution in [0.4, 0.5) is 0 Å². The Balaban J connectivity index is 1.75. The Labute approximate surface area is 246 Å². The molecule has 0 aromatic heterocycles. The lowest BCUT2D eigenvalue weighted by molar-refractivity contribution is -0.0530. The van der Waals surface area contributed by atoms with Crippen LogP contribution in [0.25, 0.3) is 0 Å². The summed E-state index contributed by atoms with van der Waals surface area (Å²) in [6.07, 6.45) is -1.40. The number of carbonyl (C=O) groups is 2. The Kier molecular flexibility index (Phi) is 9.03. The highest BCUT2D eigenvalue weighted by molar-refractivity contribution is 7.46. The van der Waals surface area contributed by atoms with Gasteiger partial charge in [-0.15, -0.1) is 0 Å². The molecule has 0 radical (unpaired) electrons. The summed E-state index contributed by atoms with van der Waals surface area (Å²) < 4.78 is 12.9. The van der Waals surface area contributed by atoms with E-state index >= 15 is 0 Å². The molecule has 6 atom stereocenters. The Bertz CT molecular complexity index is 1550. The molecular formula is C35H36O4P2. The van der Waals surface area contributed by atoms with E-state index in [1.54, 1.807) is 24.3 Å². The number of ether oxygens (including phenoxy) is 2. The van der Waals surface area contributed by atoms with Gasteiger partial charge >= 0.3 is 11.9 Å². The predicted molar refractivity (Wildman–Crippen MR) is 172 cm³/mol. The van der Waals surface area contributed by atoms with Crippen LogP contribution in [-0.2, 0) is 9.47 Å². The zero-order valence-electron chi connectivity index (χ0n) is 24.1. The molecule has 5 rings (SSSR count). The summed E-state index contributed by atoms with van der Waals surface area (Å²) in [5, 5.41) is 2.49. The van der Waals surface area contributed by atoms with Gasteiger partial charge in [0.15, 0.2) is 6.10 Å². The molecule has 4 aromatic rings. The van der Waals surface area contributed by atoms with Crippen LogP contribution in [0.15, 0.2) is 91.0 Å². The van der Waals surface area contributed by atoms with Crippen molar-refractivity contribution < 1.29 is 19.1 Å². The summed E-state index contributed by atoms with van der Waals surface area (Å²) in [5.74, 6) is -1.30. The molecule has 0 bridgehead atoms. The van der Waals surface area contributed by atoms with Gasteiger partial charge in [-0.2, -0.15) is 0 Å². The van der Waals surface area contributed by atoms with E-state index in [-0.39, 0.29) is 11.8 Å². The predicted octanol–water partition coefficient (Wildman–Crippen LogP) is 6.87. The molecule has 0 saturated heterocycles. The maximum atomic E-state index is 13.7. The Morgan fingerprint density at radius 1 is 0.585 bits per heavy atom. The fraction of sp³-hybridized carbons (Fsp3) is 0.257. The molecule has 6 unspecified atom stereocenters. The third-order valence-electron chi connectivity index (χ3n) is 8.10. The molecule has 1 aliphatic carbocycles. The second-order valence-corrected chi connectivity index (χ2v) is 12.6. The summed E-state index contributed by atoms with van der Waals surface area (Å²) >= 11 is 0. The summed E-state index contributed by atoms with van der Waals surface area (Å²) in [4.78, 5) is 27.3. The lowest BCUT2D eigenvalue weighted by Crippen LogP contribution is -2.49. The SMILES string of the molecule is CPc1ccc(C)c2c1C(C)C(OC(=O)c1ccccc1)C(OC(=O)c1ccccc1)C2c1c(C)cccc1PC. The average Bonchev–Trinajstić information content (AvgIpc) is 3.00. The molecular weight excluding hydrogens is 546 g/mol. The van der Waals surface area contributed by atoms with Crippen LogP contribution in [0.2, 0.25) is 0 Å². The number of esters is 2. The van der Waals surface area contributed by atoms with Gasteiger partial charge in [0.1, 0.15) is 6.10 Å². The van der Waals surface area contributed by atoms with Crippen molar-refractivity contribution >= 4 is 39.7 Å². The van der Waals surface area contributed by atoms with Gasteiger partial charge in [-0.25, -0.2) is 9.59 Å². The highest BCUT2D eigenvalue weighted by atomic mass is 31.1. The molecule has 0 aliphatic heterocycles. The zero-order valence-corrected chi connectivity index (χ0v) is 26.1. The minimum atomic E-state index is -0.719. The maximum Gasteiger partial charge on any atom is 0.338 e. The van der Waals surface area contributed by atoms with Crippen molar-refractivity contribution in [3.8, 4) is 0 Å². The van der Waals surface area contributed by atoms with Gasteiger partial charge < -0.3 is 9.47 Å². The molecule has 6 heteroatoms. The minimum absolute atomic E-state index is 0.179. The van der Waals surface area contributed by atoms with E-state index in [2.05, 4.69) is 64.4 Å². The minimum Gasteiger partial charge on any atom is -0.454 e. The molecule has 0 amide bonds. The number of hydrogen-bond donors (Lipinski definition) is 0. The highest BCUT2D eigenvalue weighted by Gasteiger charge is 2.48. The Morgan fingerprint density at radius 3 is 1.66 bits per heavy atom. The van der Waals surface area contributed by atoms with Crippen LogP contribution in [0.5, 0.6) is 0 Å². The molecule has 0 N–H and O–H groups in total. The Morgan fingerprint density at radius 2 is 1.10 bits per heavy atom. The van der Waals surface area contributed by atoms with Crippen LogP contribution < -0.4 is 10.6 Å². The van der Waals surface area contributed by atoms with Gasteiger partial charge in [0.2, 0.25) is 0 Å². The van der Waals surface area contributed by atoms with E-state index in [1.165, 1.54) is 21.7 Å². The number of rotatable bonds is 7. The van der Waals surface area contributed by atoms with Crippen molar-refractivity contribution in [1.29, 1.82) is 0 Å². The molecule has 0 spiro atoms. The topological polar surface area (TPSA) is 52.6 Å². The third-order valence-corrected chi connectivity index (χ3v) is 10.0. The lowest BCUT2D eigenvalue weighted by Gasteiger charge is -2.44. The van der Waals surface area contributed by atoms with Crippen molar-refractivity contribution in [2.45, 2.75) is 44.8 Å². The van der Waals surface area contributed by atoms with E-state index in [9.17, 15) is 9.59 Å². The summed E-state index contributed by atoms with van der Waals surface area (Å²) in [6.45, 7) is 10.7. The normalized spacial score (nSPS) is 20.3. The largest absolute Gasteiger partial charge is 0.454 e. The van der Waals surface area contributed by atoms with Gasteiger partial charge in [-0.3, -0.25) is 0 Å². The number of hydrogen-bond acceptors (Lipinski definition) is 4. The first-order chi connectivity index (χ1) is 19.8. The molecule has 41 heavy (non-hydrogen) atoms. The fourth-order valence-corrected chi connectivity index (χ4v) is 7.89. The standard InChI is InChI=1S/C35H36O4P2/c1-21-13-12-18-26(40-4)28(21)31-29-22(2)19-20-27(41-5)30(29)23(3)32(38-34(36)24-14-8-6-9-15-24)33(31)39-35(37)25-16-10-7-11-17-25/h6-20,23,31-33,40-41H,1-5H3. The van der Waals surface area contributed by atoms with Crippen molar-refractivity contribution in [3.05, 3.63) is 130 Å². The molecule has 0 fully saturated rings. The monoisotopic (exact) mass is 582 g/mol. The number of benzene rings is 4. The first-order valence-corrected chi connectivity index (χ1v) is 17.0. The van der Waals surface area contributed by atoms with Crippen molar-refractivity contribution in [2.24, 2.45) is 0 Å².